The highest BCUT2D eigenvalue weighted by Gasteiger charge is 2.31. The summed E-state index contributed by atoms with van der Waals surface area (Å²) in [5.41, 5.74) is 2.09. The molecule has 0 saturated heterocycles. The number of nitrogens with one attached hydrogen (secondary N) is 1. The van der Waals surface area contributed by atoms with Gasteiger partial charge < -0.3 is 10.1 Å². The van der Waals surface area contributed by atoms with Crippen LogP contribution < -0.4 is 5.32 Å². The van der Waals surface area contributed by atoms with Crippen molar-refractivity contribution < 1.29 is 22.7 Å². The summed E-state index contributed by atoms with van der Waals surface area (Å²) in [5.74, 6) is -0.806. The van der Waals surface area contributed by atoms with Crippen LogP contribution in [-0.2, 0) is 38.0 Å². The first kappa shape index (κ1) is 19.1. The van der Waals surface area contributed by atoms with Crippen LogP contribution in [0.15, 0.2) is 16.8 Å². The second-order valence-corrected chi connectivity index (χ2v) is 10.0. The van der Waals surface area contributed by atoms with Crippen LogP contribution in [0.25, 0.3) is 0 Å². The molecule has 2 aromatic heterocycles. The number of aryl methyl sites for hydroxylation is 1. The van der Waals surface area contributed by atoms with E-state index in [-0.39, 0.29) is 30.4 Å². The van der Waals surface area contributed by atoms with Gasteiger partial charge in [0, 0.05) is 11.3 Å². The van der Waals surface area contributed by atoms with Gasteiger partial charge in [-0.2, -0.15) is 11.3 Å². The van der Waals surface area contributed by atoms with Gasteiger partial charge in [0.25, 0.3) is 0 Å². The molecule has 0 fully saturated rings. The molecule has 1 aliphatic heterocycles. The highest BCUT2D eigenvalue weighted by atomic mass is 32.2. The average molecular weight is 414 g/mol. The van der Waals surface area contributed by atoms with E-state index in [9.17, 15) is 18.0 Å². The maximum atomic E-state index is 12.4. The molecule has 26 heavy (non-hydrogen) atoms. The Morgan fingerprint density at radius 3 is 2.85 bits per heavy atom. The molecule has 0 saturated carbocycles. The van der Waals surface area contributed by atoms with Crippen molar-refractivity contribution in [2.24, 2.45) is 0 Å². The van der Waals surface area contributed by atoms with E-state index in [2.05, 4.69) is 5.32 Å². The van der Waals surface area contributed by atoms with Crippen LogP contribution in [0.1, 0.15) is 39.7 Å². The molecule has 1 aliphatic rings. The molecule has 1 N–H and O–H groups in total. The number of thiophene rings is 2. The number of carbonyl (C=O) groups excluding carboxylic acids is 2. The van der Waals surface area contributed by atoms with E-state index in [4.69, 9.17) is 4.74 Å². The largest absolute Gasteiger partial charge is 0.462 e. The van der Waals surface area contributed by atoms with Crippen molar-refractivity contribution in [1.82, 2.24) is 0 Å². The Balaban J connectivity index is 1.82. The smallest absolute Gasteiger partial charge is 0.341 e. The van der Waals surface area contributed by atoms with Crippen molar-refractivity contribution in [1.29, 1.82) is 0 Å². The zero-order valence-corrected chi connectivity index (χ0v) is 16.7. The number of esters is 1. The number of amides is 1. The molecule has 1 amide bonds. The van der Waals surface area contributed by atoms with Crippen LogP contribution in [0.4, 0.5) is 5.00 Å². The number of hydrogen-bond acceptors (Lipinski definition) is 7. The standard InChI is InChI=1S/C17H19NO5S3/c1-2-23-17(20)15-12-6-8-26(21,22)10-13(12)25-16(15)18-14(19)4-3-11-5-7-24-9-11/h5,7,9H,2-4,6,8,10H2,1H3,(H,18,19). The molecule has 0 aromatic carbocycles. The van der Waals surface area contributed by atoms with E-state index in [1.807, 2.05) is 16.8 Å². The maximum Gasteiger partial charge on any atom is 0.341 e. The summed E-state index contributed by atoms with van der Waals surface area (Å²) in [4.78, 5) is 25.3. The normalized spacial score (nSPS) is 15.3. The highest BCUT2D eigenvalue weighted by molar-refractivity contribution is 7.90. The summed E-state index contributed by atoms with van der Waals surface area (Å²) in [6, 6.07) is 1.97. The Bertz CT molecular complexity index is 913. The van der Waals surface area contributed by atoms with Crippen molar-refractivity contribution >= 4 is 49.4 Å². The number of fused-ring (bicyclic) bond motifs is 1. The molecular formula is C17H19NO5S3. The van der Waals surface area contributed by atoms with Crippen molar-refractivity contribution in [3.63, 3.8) is 0 Å². The highest BCUT2D eigenvalue weighted by Crippen LogP contribution is 2.38. The molecule has 3 rings (SSSR count). The van der Waals surface area contributed by atoms with Gasteiger partial charge in [0.2, 0.25) is 5.91 Å². The lowest BCUT2D eigenvalue weighted by Gasteiger charge is -2.13. The quantitative estimate of drug-likeness (QED) is 0.735. The Morgan fingerprint density at radius 2 is 2.15 bits per heavy atom. The van der Waals surface area contributed by atoms with Gasteiger partial charge in [-0.15, -0.1) is 11.3 Å². The van der Waals surface area contributed by atoms with Gasteiger partial charge in [-0.1, -0.05) is 0 Å². The molecule has 0 unspecified atom stereocenters. The van der Waals surface area contributed by atoms with Crippen molar-refractivity contribution in [3.8, 4) is 0 Å². The van der Waals surface area contributed by atoms with Gasteiger partial charge in [0.1, 0.15) is 5.00 Å². The third-order valence-electron chi connectivity index (χ3n) is 4.06. The van der Waals surface area contributed by atoms with Crippen LogP contribution >= 0.6 is 22.7 Å². The number of carbonyl (C=O) groups is 2. The first-order valence-corrected chi connectivity index (χ1v) is 11.8. The van der Waals surface area contributed by atoms with E-state index >= 15 is 0 Å². The minimum Gasteiger partial charge on any atom is -0.462 e. The Labute approximate surface area is 160 Å². The summed E-state index contributed by atoms with van der Waals surface area (Å²) < 4.78 is 28.9. The van der Waals surface area contributed by atoms with E-state index in [0.717, 1.165) is 16.9 Å². The van der Waals surface area contributed by atoms with Crippen molar-refractivity contribution in [2.45, 2.75) is 31.9 Å². The van der Waals surface area contributed by atoms with Gasteiger partial charge in [-0.05, 0) is 47.7 Å². The molecular weight excluding hydrogens is 394 g/mol. The monoisotopic (exact) mass is 413 g/mol. The molecule has 0 aliphatic carbocycles. The zero-order chi connectivity index (χ0) is 18.7. The SMILES string of the molecule is CCOC(=O)c1c(NC(=O)CCc2ccsc2)sc2c1CCS(=O)(=O)C2. The van der Waals surface area contributed by atoms with Gasteiger partial charge in [0.15, 0.2) is 9.84 Å². The van der Waals surface area contributed by atoms with Crippen molar-refractivity contribution in [3.05, 3.63) is 38.4 Å². The fourth-order valence-corrected chi connectivity index (χ4v) is 6.57. The number of ether oxygens (including phenoxy) is 1. The topological polar surface area (TPSA) is 89.5 Å². The summed E-state index contributed by atoms with van der Waals surface area (Å²) in [6.07, 6.45) is 1.18. The predicted octanol–water partition coefficient (Wildman–Crippen LogP) is 3.03. The van der Waals surface area contributed by atoms with Crippen LogP contribution in [0.2, 0.25) is 0 Å². The fourth-order valence-electron chi connectivity index (χ4n) is 2.81. The summed E-state index contributed by atoms with van der Waals surface area (Å²) in [5, 5.41) is 7.12. The fraction of sp³-hybridized carbons (Fsp3) is 0.412. The number of sulfone groups is 1. The minimum absolute atomic E-state index is 0.00861. The lowest BCUT2D eigenvalue weighted by molar-refractivity contribution is -0.116. The zero-order valence-electron chi connectivity index (χ0n) is 14.2. The predicted molar refractivity (Wildman–Crippen MR) is 103 cm³/mol. The Hall–Kier alpha value is -1.71. The molecule has 2 aromatic rings. The van der Waals surface area contributed by atoms with Gasteiger partial charge in [-0.25, -0.2) is 13.2 Å². The Morgan fingerprint density at radius 1 is 1.35 bits per heavy atom. The third kappa shape index (κ3) is 4.33. The van der Waals surface area contributed by atoms with E-state index in [0.29, 0.717) is 33.8 Å². The minimum atomic E-state index is -3.16. The first-order valence-electron chi connectivity index (χ1n) is 8.22. The second kappa shape index (κ2) is 7.89. The van der Waals surface area contributed by atoms with E-state index in [1.54, 1.807) is 18.3 Å². The number of hydrogen-bond donors (Lipinski definition) is 1. The van der Waals surface area contributed by atoms with Gasteiger partial charge >= 0.3 is 5.97 Å². The van der Waals surface area contributed by atoms with Gasteiger partial charge in [0.05, 0.1) is 23.7 Å². The van der Waals surface area contributed by atoms with Crippen LogP contribution in [-0.4, -0.2) is 32.7 Å². The average Bonchev–Trinajstić information content (AvgIpc) is 3.19. The van der Waals surface area contributed by atoms with E-state index < -0.39 is 15.8 Å². The summed E-state index contributed by atoms with van der Waals surface area (Å²) in [7, 11) is -3.16. The number of rotatable bonds is 6. The molecule has 9 heteroatoms. The molecule has 140 valence electrons. The van der Waals surface area contributed by atoms with Gasteiger partial charge in [-0.3, -0.25) is 4.79 Å². The molecule has 6 nitrogen and oxygen atoms in total. The van der Waals surface area contributed by atoms with Crippen LogP contribution in [0.3, 0.4) is 0 Å². The van der Waals surface area contributed by atoms with E-state index in [1.165, 1.54) is 0 Å². The van der Waals surface area contributed by atoms with Crippen LogP contribution in [0, 0.1) is 0 Å². The molecule has 0 radical (unpaired) electrons. The lowest BCUT2D eigenvalue weighted by atomic mass is 10.1. The second-order valence-electron chi connectivity index (χ2n) is 5.95. The summed E-state index contributed by atoms with van der Waals surface area (Å²) in [6.45, 7) is 1.92. The molecule has 3 heterocycles. The molecule has 0 spiro atoms. The Kier molecular flexibility index (Phi) is 5.79. The van der Waals surface area contributed by atoms with Crippen molar-refractivity contribution in [2.75, 3.05) is 17.7 Å². The first-order chi connectivity index (χ1) is 12.4. The lowest BCUT2D eigenvalue weighted by Crippen LogP contribution is -2.20. The maximum absolute atomic E-state index is 12.4. The third-order valence-corrected chi connectivity index (χ3v) is 7.67. The molecule has 0 bridgehead atoms. The van der Waals surface area contributed by atoms with Crippen LogP contribution in [0.5, 0.6) is 0 Å². The summed E-state index contributed by atoms with van der Waals surface area (Å²) >= 11 is 2.74. The molecule has 0 atom stereocenters. The number of anilines is 1.